The largest absolute Gasteiger partial charge is 0.478 e. The van der Waals surface area contributed by atoms with Crippen LogP contribution in [0.3, 0.4) is 0 Å². The van der Waals surface area contributed by atoms with Crippen molar-refractivity contribution < 1.29 is 14.3 Å². The van der Waals surface area contributed by atoms with Crippen molar-refractivity contribution in [2.75, 3.05) is 0 Å². The summed E-state index contributed by atoms with van der Waals surface area (Å²) in [5.41, 5.74) is 2.31. The van der Waals surface area contributed by atoms with Gasteiger partial charge in [0.1, 0.15) is 5.82 Å². The van der Waals surface area contributed by atoms with Crippen molar-refractivity contribution >= 4 is 5.97 Å². The molecule has 86 valence electrons. The molecule has 0 heterocycles. The van der Waals surface area contributed by atoms with Gasteiger partial charge in [0.05, 0.1) is 5.56 Å². The minimum atomic E-state index is -0.972. The molecule has 2 aromatic rings. The van der Waals surface area contributed by atoms with Crippen molar-refractivity contribution in [1.29, 1.82) is 0 Å². The average molecular weight is 230 g/mol. The standard InChI is InChI=1S/C14H11FO2/c1-9-5-6-11(8-13(9)14(16)17)10-3-2-4-12(15)7-10/h2-8H,1H3,(H,16,17). The van der Waals surface area contributed by atoms with Gasteiger partial charge in [-0.3, -0.25) is 0 Å². The second-order valence-electron chi connectivity index (χ2n) is 3.85. The fraction of sp³-hybridized carbons (Fsp3) is 0.0714. The number of carboxylic acid groups (broad SMARTS) is 1. The number of hydrogen-bond acceptors (Lipinski definition) is 1. The second-order valence-corrected chi connectivity index (χ2v) is 3.85. The van der Waals surface area contributed by atoms with Gasteiger partial charge in [-0.15, -0.1) is 0 Å². The summed E-state index contributed by atoms with van der Waals surface area (Å²) < 4.78 is 13.1. The Bertz CT molecular complexity index is 576. The molecule has 17 heavy (non-hydrogen) atoms. The van der Waals surface area contributed by atoms with Gasteiger partial charge < -0.3 is 5.11 Å². The van der Waals surface area contributed by atoms with E-state index in [0.29, 0.717) is 16.7 Å². The van der Waals surface area contributed by atoms with E-state index in [1.807, 2.05) is 0 Å². The Morgan fingerprint density at radius 2 is 1.82 bits per heavy atom. The van der Waals surface area contributed by atoms with Crippen molar-refractivity contribution in [3.05, 3.63) is 59.4 Å². The van der Waals surface area contributed by atoms with Crippen molar-refractivity contribution in [1.82, 2.24) is 0 Å². The van der Waals surface area contributed by atoms with Gasteiger partial charge in [-0.25, -0.2) is 9.18 Å². The number of hydrogen-bond donors (Lipinski definition) is 1. The summed E-state index contributed by atoms with van der Waals surface area (Å²) in [4.78, 5) is 11.0. The van der Waals surface area contributed by atoms with E-state index in [4.69, 9.17) is 5.11 Å². The fourth-order valence-electron chi connectivity index (χ4n) is 1.70. The summed E-state index contributed by atoms with van der Waals surface area (Å²) in [5.74, 6) is -1.30. The van der Waals surface area contributed by atoms with Crippen LogP contribution >= 0.6 is 0 Å². The molecule has 0 bridgehead atoms. The Kier molecular flexibility index (Phi) is 2.91. The smallest absolute Gasteiger partial charge is 0.335 e. The number of aryl methyl sites for hydroxylation is 1. The van der Waals surface area contributed by atoms with Gasteiger partial charge in [0.2, 0.25) is 0 Å². The number of aromatic carboxylic acids is 1. The number of rotatable bonds is 2. The molecule has 1 N–H and O–H groups in total. The third-order valence-corrected chi connectivity index (χ3v) is 2.63. The van der Waals surface area contributed by atoms with E-state index in [1.165, 1.54) is 12.1 Å². The third kappa shape index (κ3) is 2.33. The number of benzene rings is 2. The molecule has 0 fully saturated rings. The fourth-order valence-corrected chi connectivity index (χ4v) is 1.70. The lowest BCUT2D eigenvalue weighted by atomic mass is 10.00. The summed E-state index contributed by atoms with van der Waals surface area (Å²) in [7, 11) is 0. The quantitative estimate of drug-likeness (QED) is 0.857. The van der Waals surface area contributed by atoms with Gasteiger partial charge in [-0.05, 0) is 41.8 Å². The zero-order valence-corrected chi connectivity index (χ0v) is 9.27. The first-order chi connectivity index (χ1) is 8.08. The van der Waals surface area contributed by atoms with Gasteiger partial charge in [-0.1, -0.05) is 24.3 Å². The topological polar surface area (TPSA) is 37.3 Å². The molecular formula is C14H11FO2. The molecule has 0 aliphatic carbocycles. The molecule has 0 spiro atoms. The lowest BCUT2D eigenvalue weighted by Crippen LogP contribution is -1.99. The second kappa shape index (κ2) is 4.37. The lowest BCUT2D eigenvalue weighted by molar-refractivity contribution is 0.0696. The van der Waals surface area contributed by atoms with Crippen LogP contribution in [0.25, 0.3) is 11.1 Å². The van der Waals surface area contributed by atoms with Crippen LogP contribution in [0.1, 0.15) is 15.9 Å². The monoisotopic (exact) mass is 230 g/mol. The predicted molar refractivity (Wildman–Crippen MR) is 63.5 cm³/mol. The molecule has 2 nitrogen and oxygen atoms in total. The number of halogens is 1. The van der Waals surface area contributed by atoms with Crippen LogP contribution in [-0.2, 0) is 0 Å². The van der Waals surface area contributed by atoms with Crippen molar-refractivity contribution in [3.63, 3.8) is 0 Å². The Morgan fingerprint density at radius 3 is 2.47 bits per heavy atom. The molecule has 0 amide bonds. The minimum absolute atomic E-state index is 0.242. The van der Waals surface area contributed by atoms with Crippen LogP contribution in [0, 0.1) is 12.7 Å². The van der Waals surface area contributed by atoms with Crippen LogP contribution < -0.4 is 0 Å². The predicted octanol–water partition coefficient (Wildman–Crippen LogP) is 3.50. The molecule has 0 aliphatic heterocycles. The zero-order valence-electron chi connectivity index (χ0n) is 9.27. The summed E-state index contributed by atoms with van der Waals surface area (Å²) >= 11 is 0. The van der Waals surface area contributed by atoms with E-state index in [9.17, 15) is 9.18 Å². The zero-order chi connectivity index (χ0) is 12.4. The summed E-state index contributed by atoms with van der Waals surface area (Å²) in [6, 6.07) is 11.2. The summed E-state index contributed by atoms with van der Waals surface area (Å²) in [5, 5.41) is 9.02. The lowest BCUT2D eigenvalue weighted by Gasteiger charge is -2.06. The number of carbonyl (C=O) groups is 1. The van der Waals surface area contributed by atoms with E-state index in [2.05, 4.69) is 0 Å². The Morgan fingerprint density at radius 1 is 1.12 bits per heavy atom. The molecular weight excluding hydrogens is 219 g/mol. The molecule has 0 saturated heterocycles. The highest BCUT2D eigenvalue weighted by molar-refractivity contribution is 5.91. The van der Waals surface area contributed by atoms with Gasteiger partial charge in [-0.2, -0.15) is 0 Å². The van der Waals surface area contributed by atoms with Crippen LogP contribution in [0.5, 0.6) is 0 Å². The first-order valence-corrected chi connectivity index (χ1v) is 5.18. The highest BCUT2D eigenvalue weighted by Gasteiger charge is 2.08. The van der Waals surface area contributed by atoms with Crippen molar-refractivity contribution in [3.8, 4) is 11.1 Å². The van der Waals surface area contributed by atoms with E-state index in [1.54, 1.807) is 37.3 Å². The molecule has 2 aromatic carbocycles. The SMILES string of the molecule is Cc1ccc(-c2cccc(F)c2)cc1C(=O)O. The Balaban J connectivity index is 2.54. The normalized spacial score (nSPS) is 10.2. The van der Waals surface area contributed by atoms with E-state index >= 15 is 0 Å². The van der Waals surface area contributed by atoms with Gasteiger partial charge in [0, 0.05) is 0 Å². The third-order valence-electron chi connectivity index (χ3n) is 2.63. The maximum atomic E-state index is 13.1. The highest BCUT2D eigenvalue weighted by Crippen LogP contribution is 2.23. The van der Waals surface area contributed by atoms with Crippen LogP contribution in [0.4, 0.5) is 4.39 Å². The van der Waals surface area contributed by atoms with E-state index < -0.39 is 5.97 Å². The molecule has 2 rings (SSSR count). The molecule has 0 aliphatic rings. The Hall–Kier alpha value is -2.16. The van der Waals surface area contributed by atoms with Gasteiger partial charge >= 0.3 is 5.97 Å². The molecule has 0 radical (unpaired) electrons. The first kappa shape index (κ1) is 11.3. The molecule has 0 aromatic heterocycles. The van der Waals surface area contributed by atoms with Gasteiger partial charge in [0.15, 0.2) is 0 Å². The first-order valence-electron chi connectivity index (χ1n) is 5.18. The maximum Gasteiger partial charge on any atom is 0.335 e. The van der Waals surface area contributed by atoms with Crippen molar-refractivity contribution in [2.45, 2.75) is 6.92 Å². The molecule has 0 saturated carbocycles. The number of carboxylic acids is 1. The van der Waals surface area contributed by atoms with E-state index in [-0.39, 0.29) is 11.4 Å². The van der Waals surface area contributed by atoms with Crippen molar-refractivity contribution in [2.24, 2.45) is 0 Å². The van der Waals surface area contributed by atoms with E-state index in [0.717, 1.165) is 0 Å². The van der Waals surface area contributed by atoms with Crippen LogP contribution in [0.15, 0.2) is 42.5 Å². The van der Waals surface area contributed by atoms with Gasteiger partial charge in [0.25, 0.3) is 0 Å². The molecule has 0 unspecified atom stereocenters. The maximum absolute atomic E-state index is 13.1. The average Bonchev–Trinajstić information content (AvgIpc) is 2.29. The molecule has 3 heteroatoms. The van der Waals surface area contributed by atoms with Crippen LogP contribution in [0.2, 0.25) is 0 Å². The molecule has 0 atom stereocenters. The Labute approximate surface area is 98.3 Å². The summed E-state index contributed by atoms with van der Waals surface area (Å²) in [6.07, 6.45) is 0. The highest BCUT2D eigenvalue weighted by atomic mass is 19.1. The summed E-state index contributed by atoms with van der Waals surface area (Å²) in [6.45, 7) is 1.73. The van der Waals surface area contributed by atoms with Crippen LogP contribution in [-0.4, -0.2) is 11.1 Å². The minimum Gasteiger partial charge on any atom is -0.478 e.